The Morgan fingerprint density at radius 2 is 1.65 bits per heavy atom. The van der Waals surface area contributed by atoms with E-state index in [1.165, 1.54) is 5.01 Å². The molecular formula is C27H18Cl2N2O3. The first-order valence-corrected chi connectivity index (χ1v) is 11.3. The number of para-hydroxylation sites is 1. The predicted molar refractivity (Wildman–Crippen MR) is 135 cm³/mol. The molecule has 5 nitrogen and oxygen atoms in total. The summed E-state index contributed by atoms with van der Waals surface area (Å²) in [6.07, 6.45) is 1.59. The average Bonchev–Trinajstić information content (AvgIpc) is 3.13. The number of benzene rings is 4. The van der Waals surface area contributed by atoms with Crippen molar-refractivity contribution in [3.05, 3.63) is 112 Å². The Hall–Kier alpha value is -3.80. The molecule has 0 aromatic heterocycles. The second kappa shape index (κ2) is 9.21. The molecule has 1 saturated heterocycles. The average molecular weight is 489 g/mol. The lowest BCUT2D eigenvalue weighted by Gasteiger charge is -2.14. The number of hydrogen-bond acceptors (Lipinski definition) is 3. The Labute approximate surface area is 206 Å². The fraction of sp³-hybridized carbons (Fsp3) is 0.0370. The van der Waals surface area contributed by atoms with Crippen LogP contribution >= 0.6 is 23.2 Å². The van der Waals surface area contributed by atoms with Crippen LogP contribution in [-0.4, -0.2) is 11.8 Å². The fourth-order valence-electron chi connectivity index (χ4n) is 3.81. The highest BCUT2D eigenvalue weighted by atomic mass is 35.5. The van der Waals surface area contributed by atoms with Crippen molar-refractivity contribution in [1.29, 1.82) is 0 Å². The molecule has 1 fully saturated rings. The first-order valence-electron chi connectivity index (χ1n) is 10.5. The maximum absolute atomic E-state index is 13.1. The van der Waals surface area contributed by atoms with Crippen LogP contribution in [0.25, 0.3) is 16.8 Å². The lowest BCUT2D eigenvalue weighted by molar-refractivity contribution is -0.117. The number of halogens is 2. The lowest BCUT2D eigenvalue weighted by atomic mass is 10.0. The minimum absolute atomic E-state index is 0.0228. The van der Waals surface area contributed by atoms with Crippen LogP contribution in [0.1, 0.15) is 11.1 Å². The van der Waals surface area contributed by atoms with Crippen LogP contribution in [0.4, 0.5) is 5.69 Å². The van der Waals surface area contributed by atoms with Gasteiger partial charge in [0.1, 0.15) is 17.9 Å². The maximum atomic E-state index is 13.1. The van der Waals surface area contributed by atoms with E-state index >= 15 is 0 Å². The molecule has 4 aromatic carbocycles. The highest BCUT2D eigenvalue weighted by Gasteiger charge is 2.34. The molecule has 0 aliphatic carbocycles. The van der Waals surface area contributed by atoms with Gasteiger partial charge >= 0.3 is 0 Å². The number of hydrazine groups is 1. The molecule has 0 atom stereocenters. The van der Waals surface area contributed by atoms with Crippen molar-refractivity contribution in [2.45, 2.75) is 6.61 Å². The number of hydrogen-bond donors (Lipinski definition) is 1. The van der Waals surface area contributed by atoms with Crippen LogP contribution in [0.5, 0.6) is 5.75 Å². The van der Waals surface area contributed by atoms with E-state index in [0.29, 0.717) is 27.0 Å². The van der Waals surface area contributed by atoms with Gasteiger partial charge in [-0.1, -0.05) is 77.8 Å². The van der Waals surface area contributed by atoms with E-state index in [1.54, 1.807) is 48.5 Å². The number of fused-ring (bicyclic) bond motifs is 1. The molecule has 0 unspecified atom stereocenters. The largest absolute Gasteiger partial charge is 0.488 e. The van der Waals surface area contributed by atoms with Gasteiger partial charge in [0.15, 0.2) is 0 Å². The summed E-state index contributed by atoms with van der Waals surface area (Å²) >= 11 is 12.3. The third kappa shape index (κ3) is 4.23. The Bertz CT molecular complexity index is 1450. The summed E-state index contributed by atoms with van der Waals surface area (Å²) in [7, 11) is 0. The fourth-order valence-corrected chi connectivity index (χ4v) is 4.27. The highest BCUT2D eigenvalue weighted by molar-refractivity contribution is 6.35. The normalized spacial score (nSPS) is 14.6. The van der Waals surface area contributed by atoms with Crippen LogP contribution in [0.2, 0.25) is 10.0 Å². The molecule has 34 heavy (non-hydrogen) atoms. The second-order valence-corrected chi connectivity index (χ2v) is 8.54. The van der Waals surface area contributed by atoms with E-state index in [4.69, 9.17) is 27.9 Å². The monoisotopic (exact) mass is 488 g/mol. The molecule has 2 amide bonds. The van der Waals surface area contributed by atoms with Crippen LogP contribution in [0, 0.1) is 0 Å². The van der Waals surface area contributed by atoms with E-state index in [9.17, 15) is 9.59 Å². The van der Waals surface area contributed by atoms with Gasteiger partial charge in [0.05, 0.1) is 5.69 Å². The lowest BCUT2D eigenvalue weighted by Crippen LogP contribution is -2.35. The molecule has 0 spiro atoms. The molecule has 0 radical (unpaired) electrons. The van der Waals surface area contributed by atoms with Crippen molar-refractivity contribution in [2.75, 3.05) is 5.01 Å². The molecule has 0 saturated carbocycles. The quantitative estimate of drug-likeness (QED) is 0.269. The topological polar surface area (TPSA) is 58.6 Å². The first-order chi connectivity index (χ1) is 16.5. The van der Waals surface area contributed by atoms with Crippen molar-refractivity contribution in [1.82, 2.24) is 5.43 Å². The number of rotatable bonds is 5. The van der Waals surface area contributed by atoms with Crippen molar-refractivity contribution in [3.63, 3.8) is 0 Å². The molecular weight excluding hydrogens is 471 g/mol. The zero-order valence-electron chi connectivity index (χ0n) is 17.8. The number of anilines is 1. The van der Waals surface area contributed by atoms with Gasteiger partial charge in [-0.05, 0) is 47.2 Å². The predicted octanol–water partition coefficient (Wildman–Crippen LogP) is 6.19. The Kier molecular flexibility index (Phi) is 5.97. The Balaban J connectivity index is 1.54. The maximum Gasteiger partial charge on any atom is 0.282 e. The van der Waals surface area contributed by atoms with E-state index < -0.39 is 11.8 Å². The Morgan fingerprint density at radius 1 is 0.882 bits per heavy atom. The molecule has 1 heterocycles. The smallest absolute Gasteiger partial charge is 0.282 e. The third-order valence-corrected chi connectivity index (χ3v) is 6.11. The van der Waals surface area contributed by atoms with E-state index in [2.05, 4.69) is 5.43 Å². The number of nitrogens with one attached hydrogen (secondary N) is 1. The molecule has 5 rings (SSSR count). The van der Waals surface area contributed by atoms with Gasteiger partial charge in [-0.2, -0.15) is 0 Å². The summed E-state index contributed by atoms with van der Waals surface area (Å²) < 4.78 is 6.12. The molecule has 0 bridgehead atoms. The number of nitrogens with zero attached hydrogens (tertiary/aromatic N) is 1. The van der Waals surface area contributed by atoms with E-state index in [1.807, 2.05) is 42.5 Å². The summed E-state index contributed by atoms with van der Waals surface area (Å²) in [4.78, 5) is 25.9. The molecule has 1 N–H and O–H groups in total. The number of amides is 2. The van der Waals surface area contributed by atoms with Crippen molar-refractivity contribution in [3.8, 4) is 5.75 Å². The van der Waals surface area contributed by atoms with Gasteiger partial charge in [-0.25, -0.2) is 5.01 Å². The van der Waals surface area contributed by atoms with E-state index in [0.717, 1.165) is 16.3 Å². The Morgan fingerprint density at radius 3 is 2.44 bits per heavy atom. The number of ether oxygens (including phenoxy) is 1. The SMILES string of the molecule is O=C1NN(c2ccccc2)C(=O)C1=Cc1c(OCc2ccc(Cl)cc2Cl)ccc2ccccc12. The zero-order valence-corrected chi connectivity index (χ0v) is 19.3. The standard InChI is InChI=1S/C27H18Cl2N2O3/c28-19-12-10-18(24(29)14-19)16-34-25-13-11-17-6-4-5-9-21(17)22(25)15-23-26(32)30-31(27(23)33)20-7-2-1-3-8-20/h1-15H,16H2,(H,30,32). The molecule has 1 aliphatic heterocycles. The number of carbonyl (C=O) groups is 2. The minimum Gasteiger partial charge on any atom is -0.488 e. The first kappa shape index (κ1) is 22.0. The summed E-state index contributed by atoms with van der Waals surface area (Å²) in [5.41, 5.74) is 4.64. The molecule has 7 heteroatoms. The van der Waals surface area contributed by atoms with Gasteiger partial charge in [-0.15, -0.1) is 0 Å². The van der Waals surface area contributed by atoms with Crippen LogP contribution in [0.3, 0.4) is 0 Å². The van der Waals surface area contributed by atoms with Crippen molar-refractivity contribution < 1.29 is 14.3 Å². The van der Waals surface area contributed by atoms with Gasteiger partial charge in [0.25, 0.3) is 11.8 Å². The van der Waals surface area contributed by atoms with Gasteiger partial charge in [-0.3, -0.25) is 15.0 Å². The van der Waals surface area contributed by atoms with E-state index in [-0.39, 0.29) is 12.2 Å². The van der Waals surface area contributed by atoms with Gasteiger partial charge < -0.3 is 4.74 Å². The van der Waals surface area contributed by atoms with Crippen molar-refractivity contribution >= 4 is 57.6 Å². The number of carbonyl (C=O) groups excluding carboxylic acids is 2. The molecule has 4 aromatic rings. The second-order valence-electron chi connectivity index (χ2n) is 7.70. The minimum atomic E-state index is -0.478. The van der Waals surface area contributed by atoms with Gasteiger partial charge in [0, 0.05) is 21.2 Å². The van der Waals surface area contributed by atoms with Crippen LogP contribution in [-0.2, 0) is 16.2 Å². The summed E-state index contributed by atoms with van der Waals surface area (Å²) in [6, 6.07) is 25.6. The van der Waals surface area contributed by atoms with Crippen LogP contribution in [0.15, 0.2) is 90.5 Å². The molecule has 168 valence electrons. The third-order valence-electron chi connectivity index (χ3n) is 5.52. The van der Waals surface area contributed by atoms with Crippen LogP contribution < -0.4 is 15.2 Å². The highest BCUT2D eigenvalue weighted by Crippen LogP contribution is 2.33. The summed E-state index contributed by atoms with van der Waals surface area (Å²) in [6.45, 7) is 0.195. The summed E-state index contributed by atoms with van der Waals surface area (Å²) in [5, 5.41) is 4.09. The zero-order chi connectivity index (χ0) is 23.7. The summed E-state index contributed by atoms with van der Waals surface area (Å²) in [5.74, 6) is -0.389. The van der Waals surface area contributed by atoms with Gasteiger partial charge in [0.2, 0.25) is 0 Å². The van der Waals surface area contributed by atoms with Crippen molar-refractivity contribution in [2.24, 2.45) is 0 Å². The molecule has 1 aliphatic rings.